The molecule has 0 unspecified atom stereocenters. The Kier molecular flexibility index (Phi) is 6.42. The van der Waals surface area contributed by atoms with Crippen LogP contribution in [0.25, 0.3) is 0 Å². The fourth-order valence-corrected chi connectivity index (χ4v) is 2.70. The summed E-state index contributed by atoms with van der Waals surface area (Å²) in [7, 11) is 0. The molecule has 0 spiro atoms. The SMILES string of the molecule is Cl.O=C(CNCC1CC1)Nc1ccc(CN2CCCC2=O)cc1. The lowest BCUT2D eigenvalue weighted by atomic mass is 10.2. The van der Waals surface area contributed by atoms with E-state index in [1.165, 1.54) is 12.8 Å². The van der Waals surface area contributed by atoms with Gasteiger partial charge in [0, 0.05) is 25.2 Å². The lowest BCUT2D eigenvalue weighted by Gasteiger charge is -2.15. The molecule has 0 aromatic heterocycles. The zero-order valence-corrected chi connectivity index (χ0v) is 14.0. The summed E-state index contributed by atoms with van der Waals surface area (Å²) in [6.07, 6.45) is 4.20. The molecule has 1 saturated carbocycles. The summed E-state index contributed by atoms with van der Waals surface area (Å²) in [6, 6.07) is 7.74. The van der Waals surface area contributed by atoms with Crippen molar-refractivity contribution in [3.8, 4) is 0 Å². The van der Waals surface area contributed by atoms with E-state index in [0.717, 1.165) is 36.7 Å². The van der Waals surface area contributed by atoms with Crippen molar-refractivity contribution in [2.75, 3.05) is 25.0 Å². The van der Waals surface area contributed by atoms with Gasteiger partial charge in [0.2, 0.25) is 11.8 Å². The molecule has 0 atom stereocenters. The average Bonchev–Trinajstić information content (AvgIpc) is 3.24. The Hall–Kier alpha value is -1.59. The number of nitrogens with one attached hydrogen (secondary N) is 2. The molecule has 126 valence electrons. The number of hydrogen-bond donors (Lipinski definition) is 2. The van der Waals surface area contributed by atoms with Crippen LogP contribution in [0.4, 0.5) is 5.69 Å². The zero-order valence-electron chi connectivity index (χ0n) is 13.2. The molecule has 1 aromatic rings. The Morgan fingerprint density at radius 1 is 1.22 bits per heavy atom. The van der Waals surface area contributed by atoms with Crippen molar-refractivity contribution in [1.29, 1.82) is 0 Å². The Balaban J connectivity index is 0.00000192. The first kappa shape index (κ1) is 17.8. The second kappa shape index (κ2) is 8.31. The van der Waals surface area contributed by atoms with E-state index in [4.69, 9.17) is 0 Å². The van der Waals surface area contributed by atoms with Gasteiger partial charge in [0.15, 0.2) is 0 Å². The maximum atomic E-state index is 11.8. The van der Waals surface area contributed by atoms with Crippen molar-refractivity contribution in [3.05, 3.63) is 29.8 Å². The fourth-order valence-electron chi connectivity index (χ4n) is 2.70. The van der Waals surface area contributed by atoms with Crippen LogP contribution < -0.4 is 10.6 Å². The van der Waals surface area contributed by atoms with Gasteiger partial charge in [0.05, 0.1) is 6.54 Å². The fraction of sp³-hybridized carbons (Fsp3) is 0.529. The second-order valence-corrected chi connectivity index (χ2v) is 6.24. The molecule has 0 bridgehead atoms. The molecule has 1 aliphatic heterocycles. The average molecular weight is 338 g/mol. The van der Waals surface area contributed by atoms with Crippen LogP contribution >= 0.6 is 12.4 Å². The topological polar surface area (TPSA) is 61.4 Å². The van der Waals surface area contributed by atoms with Crippen molar-refractivity contribution >= 4 is 29.9 Å². The van der Waals surface area contributed by atoms with Gasteiger partial charge in [-0.05, 0) is 49.4 Å². The van der Waals surface area contributed by atoms with Gasteiger partial charge in [-0.2, -0.15) is 0 Å². The highest BCUT2D eigenvalue weighted by Crippen LogP contribution is 2.27. The lowest BCUT2D eigenvalue weighted by Crippen LogP contribution is -2.29. The standard InChI is InChI=1S/C17H23N3O2.ClH/c21-16(11-18-10-13-3-4-13)19-15-7-5-14(6-8-15)12-20-9-1-2-17(20)22;/h5-8,13,18H,1-4,9-12H2,(H,19,21);1H. The minimum atomic E-state index is -0.0110. The summed E-state index contributed by atoms with van der Waals surface area (Å²) in [4.78, 5) is 25.3. The summed E-state index contributed by atoms with van der Waals surface area (Å²) >= 11 is 0. The van der Waals surface area contributed by atoms with Crippen molar-refractivity contribution in [2.45, 2.75) is 32.2 Å². The molecule has 3 rings (SSSR count). The van der Waals surface area contributed by atoms with Crippen molar-refractivity contribution in [3.63, 3.8) is 0 Å². The lowest BCUT2D eigenvalue weighted by molar-refractivity contribution is -0.128. The van der Waals surface area contributed by atoms with E-state index in [1.807, 2.05) is 29.2 Å². The van der Waals surface area contributed by atoms with Crippen LogP contribution in [0, 0.1) is 5.92 Å². The van der Waals surface area contributed by atoms with Crippen LogP contribution in [0.5, 0.6) is 0 Å². The minimum Gasteiger partial charge on any atom is -0.338 e. The number of rotatable bonds is 7. The highest BCUT2D eigenvalue weighted by molar-refractivity contribution is 5.92. The number of benzene rings is 1. The third-order valence-corrected chi connectivity index (χ3v) is 4.20. The Bertz CT molecular complexity index is 543. The zero-order chi connectivity index (χ0) is 15.4. The number of hydrogen-bond acceptors (Lipinski definition) is 3. The molecule has 1 aliphatic carbocycles. The molecule has 2 aliphatic rings. The third-order valence-electron chi connectivity index (χ3n) is 4.20. The molecule has 1 heterocycles. The molecule has 2 amide bonds. The number of carbonyl (C=O) groups is 2. The van der Waals surface area contributed by atoms with Gasteiger partial charge in [-0.25, -0.2) is 0 Å². The van der Waals surface area contributed by atoms with Gasteiger partial charge >= 0.3 is 0 Å². The van der Waals surface area contributed by atoms with Gasteiger partial charge in [-0.3, -0.25) is 9.59 Å². The van der Waals surface area contributed by atoms with Crippen LogP contribution in [0.3, 0.4) is 0 Å². The molecule has 1 aromatic carbocycles. The summed E-state index contributed by atoms with van der Waals surface area (Å²) in [5.41, 5.74) is 1.90. The predicted molar refractivity (Wildman–Crippen MR) is 92.6 cm³/mol. The quantitative estimate of drug-likeness (QED) is 0.801. The van der Waals surface area contributed by atoms with Crippen molar-refractivity contribution in [1.82, 2.24) is 10.2 Å². The largest absolute Gasteiger partial charge is 0.338 e. The van der Waals surface area contributed by atoms with Gasteiger partial charge in [0.1, 0.15) is 0 Å². The highest BCUT2D eigenvalue weighted by atomic mass is 35.5. The molecule has 2 N–H and O–H groups in total. The normalized spacial score (nSPS) is 17.0. The Labute approximate surface area is 143 Å². The number of amides is 2. The number of carbonyl (C=O) groups excluding carboxylic acids is 2. The molecule has 2 fully saturated rings. The Morgan fingerprint density at radius 2 is 1.96 bits per heavy atom. The minimum absolute atomic E-state index is 0. The van der Waals surface area contributed by atoms with Crippen LogP contribution in [0.1, 0.15) is 31.2 Å². The van der Waals surface area contributed by atoms with E-state index in [1.54, 1.807) is 0 Å². The summed E-state index contributed by atoms with van der Waals surface area (Å²) in [5.74, 6) is 1.00. The van der Waals surface area contributed by atoms with Gasteiger partial charge < -0.3 is 15.5 Å². The molecule has 6 heteroatoms. The number of nitrogens with zero attached hydrogens (tertiary/aromatic N) is 1. The molecule has 0 radical (unpaired) electrons. The van der Waals surface area contributed by atoms with Gasteiger partial charge in [-0.1, -0.05) is 12.1 Å². The van der Waals surface area contributed by atoms with Crippen LogP contribution in [-0.2, 0) is 16.1 Å². The molecule has 1 saturated heterocycles. The predicted octanol–water partition coefficient (Wildman–Crippen LogP) is 2.17. The van der Waals surface area contributed by atoms with E-state index in [0.29, 0.717) is 19.5 Å². The smallest absolute Gasteiger partial charge is 0.238 e. The number of likely N-dealkylation sites (tertiary alicyclic amines) is 1. The maximum Gasteiger partial charge on any atom is 0.238 e. The van der Waals surface area contributed by atoms with E-state index in [9.17, 15) is 9.59 Å². The van der Waals surface area contributed by atoms with Crippen molar-refractivity contribution < 1.29 is 9.59 Å². The Morgan fingerprint density at radius 3 is 2.57 bits per heavy atom. The molecule has 23 heavy (non-hydrogen) atoms. The maximum absolute atomic E-state index is 11.8. The van der Waals surface area contributed by atoms with Crippen LogP contribution in [-0.4, -0.2) is 36.3 Å². The first-order valence-electron chi connectivity index (χ1n) is 8.08. The van der Waals surface area contributed by atoms with Crippen LogP contribution in [0.2, 0.25) is 0 Å². The highest BCUT2D eigenvalue weighted by Gasteiger charge is 2.21. The first-order chi connectivity index (χ1) is 10.7. The molecular weight excluding hydrogens is 314 g/mol. The first-order valence-corrected chi connectivity index (χ1v) is 8.08. The summed E-state index contributed by atoms with van der Waals surface area (Å²) < 4.78 is 0. The van der Waals surface area contributed by atoms with E-state index < -0.39 is 0 Å². The monoisotopic (exact) mass is 337 g/mol. The summed E-state index contributed by atoms with van der Waals surface area (Å²) in [5, 5.41) is 6.06. The molecular formula is C17H24ClN3O2. The van der Waals surface area contributed by atoms with E-state index in [2.05, 4.69) is 10.6 Å². The van der Waals surface area contributed by atoms with Crippen LogP contribution in [0.15, 0.2) is 24.3 Å². The second-order valence-electron chi connectivity index (χ2n) is 6.24. The molecule has 5 nitrogen and oxygen atoms in total. The van der Waals surface area contributed by atoms with Crippen molar-refractivity contribution in [2.24, 2.45) is 5.92 Å². The number of halogens is 1. The van der Waals surface area contributed by atoms with E-state index in [-0.39, 0.29) is 24.2 Å². The van der Waals surface area contributed by atoms with Gasteiger partial charge in [-0.15, -0.1) is 12.4 Å². The summed E-state index contributed by atoms with van der Waals surface area (Å²) in [6.45, 7) is 2.82. The number of anilines is 1. The van der Waals surface area contributed by atoms with E-state index >= 15 is 0 Å². The third kappa shape index (κ3) is 5.52. The van der Waals surface area contributed by atoms with Gasteiger partial charge in [0.25, 0.3) is 0 Å².